The van der Waals surface area contributed by atoms with Crippen LogP contribution in [0.15, 0.2) is 67.5 Å². The number of hydrogen-bond donors (Lipinski definition) is 1. The molecule has 0 aliphatic carbocycles. The summed E-state index contributed by atoms with van der Waals surface area (Å²) in [6, 6.07) is 14.6. The Balaban J connectivity index is 1.74. The van der Waals surface area contributed by atoms with E-state index in [1.54, 1.807) is 23.1 Å². The first kappa shape index (κ1) is 15.2. The molecule has 0 saturated heterocycles. The minimum atomic E-state index is -0.354. The first-order valence-electron chi connectivity index (χ1n) is 7.84. The predicted octanol–water partition coefficient (Wildman–Crippen LogP) is 3.21. The van der Waals surface area contributed by atoms with Gasteiger partial charge in [-0.15, -0.1) is 0 Å². The van der Waals surface area contributed by atoms with Crippen molar-refractivity contribution in [2.24, 2.45) is 0 Å². The maximum atomic E-state index is 14.3. The molecule has 2 aromatic heterocycles. The summed E-state index contributed by atoms with van der Waals surface area (Å²) in [6.07, 6.45) is 4.57. The van der Waals surface area contributed by atoms with Crippen LogP contribution in [-0.4, -0.2) is 24.7 Å². The number of rotatable bonds is 5. The highest BCUT2D eigenvalue weighted by atomic mass is 19.1. The van der Waals surface area contributed by atoms with E-state index >= 15 is 0 Å². The Bertz CT molecular complexity index is 966. The zero-order valence-electron chi connectivity index (χ0n) is 13.2. The van der Waals surface area contributed by atoms with Crippen LogP contribution in [0.3, 0.4) is 0 Å². The van der Waals surface area contributed by atoms with E-state index in [-0.39, 0.29) is 11.9 Å². The molecular weight excluding hydrogens is 319 g/mol. The van der Waals surface area contributed by atoms with Crippen molar-refractivity contribution < 1.29 is 4.39 Å². The minimum absolute atomic E-state index is 0.152. The van der Waals surface area contributed by atoms with Gasteiger partial charge in [-0.2, -0.15) is 5.10 Å². The highest BCUT2D eigenvalue weighted by Crippen LogP contribution is 2.27. The largest absolute Gasteiger partial charge is 0.361 e. The van der Waals surface area contributed by atoms with E-state index < -0.39 is 0 Å². The lowest BCUT2D eigenvalue weighted by atomic mass is 10.1. The van der Waals surface area contributed by atoms with Crippen LogP contribution in [0, 0.1) is 5.82 Å². The third kappa shape index (κ3) is 3.16. The molecular formula is C18H15FN6. The molecule has 0 amide bonds. The fourth-order valence-electron chi connectivity index (χ4n) is 2.78. The topological polar surface area (TPSA) is 68.5 Å². The summed E-state index contributed by atoms with van der Waals surface area (Å²) in [5, 5.41) is 7.88. The van der Waals surface area contributed by atoms with Crippen LogP contribution < -0.4 is 5.32 Å². The van der Waals surface area contributed by atoms with Crippen molar-refractivity contribution in [3.8, 4) is 0 Å². The van der Waals surface area contributed by atoms with Crippen molar-refractivity contribution in [1.29, 1.82) is 0 Å². The highest BCUT2D eigenvalue weighted by Gasteiger charge is 2.16. The summed E-state index contributed by atoms with van der Waals surface area (Å²) in [5.41, 5.74) is 1.60. The molecule has 6 nitrogen and oxygen atoms in total. The van der Waals surface area contributed by atoms with E-state index in [0.29, 0.717) is 23.3 Å². The maximum Gasteiger partial charge on any atom is 0.140 e. The van der Waals surface area contributed by atoms with E-state index in [1.807, 2.05) is 30.3 Å². The van der Waals surface area contributed by atoms with Crippen LogP contribution in [0.25, 0.3) is 10.9 Å². The summed E-state index contributed by atoms with van der Waals surface area (Å²) in [7, 11) is 0. The number of benzene rings is 2. The number of nitrogens with zero attached hydrogens (tertiary/aromatic N) is 5. The third-order valence-corrected chi connectivity index (χ3v) is 3.96. The summed E-state index contributed by atoms with van der Waals surface area (Å²) in [4.78, 5) is 12.4. The Morgan fingerprint density at radius 3 is 2.68 bits per heavy atom. The lowest BCUT2D eigenvalue weighted by molar-refractivity contribution is 0.549. The van der Waals surface area contributed by atoms with Crippen LogP contribution in [0.4, 0.5) is 10.2 Å². The quantitative estimate of drug-likeness (QED) is 0.607. The summed E-state index contributed by atoms with van der Waals surface area (Å²) in [6.45, 7) is 0.532. The zero-order valence-corrected chi connectivity index (χ0v) is 13.2. The van der Waals surface area contributed by atoms with Gasteiger partial charge in [-0.3, -0.25) is 4.68 Å². The van der Waals surface area contributed by atoms with Gasteiger partial charge in [0, 0.05) is 0 Å². The lowest BCUT2D eigenvalue weighted by Crippen LogP contribution is -2.19. The zero-order chi connectivity index (χ0) is 17.1. The Morgan fingerprint density at radius 1 is 1.00 bits per heavy atom. The molecule has 25 heavy (non-hydrogen) atoms. The molecule has 4 aromatic rings. The van der Waals surface area contributed by atoms with Gasteiger partial charge in [0.05, 0.1) is 23.5 Å². The lowest BCUT2D eigenvalue weighted by Gasteiger charge is -2.20. The fourth-order valence-corrected chi connectivity index (χ4v) is 2.78. The van der Waals surface area contributed by atoms with Crippen LogP contribution in [0.2, 0.25) is 0 Å². The van der Waals surface area contributed by atoms with Crippen LogP contribution in [0.1, 0.15) is 11.6 Å². The second kappa shape index (κ2) is 6.64. The molecule has 0 aliphatic heterocycles. The van der Waals surface area contributed by atoms with Gasteiger partial charge >= 0.3 is 0 Å². The van der Waals surface area contributed by atoms with Crippen molar-refractivity contribution in [3.05, 3.63) is 78.9 Å². The molecule has 0 radical (unpaired) electrons. The molecule has 4 rings (SSSR count). The molecule has 2 heterocycles. The number of halogens is 1. The van der Waals surface area contributed by atoms with Crippen molar-refractivity contribution in [2.75, 3.05) is 5.32 Å². The molecule has 7 heteroatoms. The van der Waals surface area contributed by atoms with Gasteiger partial charge in [0.15, 0.2) is 0 Å². The number of anilines is 1. The van der Waals surface area contributed by atoms with E-state index in [9.17, 15) is 4.39 Å². The number of nitrogens with one attached hydrogen (secondary N) is 1. The molecule has 0 aliphatic rings. The fraction of sp³-hybridized carbons (Fsp3) is 0.111. The third-order valence-electron chi connectivity index (χ3n) is 3.96. The highest BCUT2D eigenvalue weighted by molar-refractivity contribution is 5.89. The Labute approximate surface area is 143 Å². The predicted molar refractivity (Wildman–Crippen MR) is 92.3 cm³/mol. The van der Waals surface area contributed by atoms with E-state index in [2.05, 4.69) is 25.4 Å². The average Bonchev–Trinajstić information content (AvgIpc) is 3.15. The maximum absolute atomic E-state index is 14.3. The van der Waals surface area contributed by atoms with E-state index in [1.165, 1.54) is 18.7 Å². The van der Waals surface area contributed by atoms with Crippen molar-refractivity contribution in [2.45, 2.75) is 12.6 Å². The van der Waals surface area contributed by atoms with Gasteiger partial charge in [-0.05, 0) is 17.7 Å². The van der Waals surface area contributed by atoms with Gasteiger partial charge in [-0.25, -0.2) is 19.3 Å². The summed E-state index contributed by atoms with van der Waals surface area (Å²) in [5.74, 6) is 0.102. The first-order valence-corrected chi connectivity index (χ1v) is 7.84. The second-order valence-corrected chi connectivity index (χ2v) is 5.58. The first-order chi connectivity index (χ1) is 12.3. The molecule has 1 atom stereocenters. The molecule has 0 unspecified atom stereocenters. The van der Waals surface area contributed by atoms with Gasteiger partial charge in [0.1, 0.15) is 30.6 Å². The standard InChI is InChI=1S/C18H15FN6/c19-14-7-4-8-15-17(14)18(22-11-21-15)24-16(9-25-12-20-10-23-25)13-5-2-1-3-6-13/h1-8,10-12,16H,9H2,(H,21,22,24)/t16-/m0/s1. The van der Waals surface area contributed by atoms with Crippen molar-refractivity contribution >= 4 is 16.7 Å². The van der Waals surface area contributed by atoms with E-state index in [0.717, 1.165) is 5.56 Å². The van der Waals surface area contributed by atoms with E-state index in [4.69, 9.17) is 0 Å². The SMILES string of the molecule is Fc1cccc2ncnc(N[C@@H](Cn3cncn3)c3ccccc3)c12. The normalized spacial score (nSPS) is 12.2. The van der Waals surface area contributed by atoms with Crippen LogP contribution in [0.5, 0.6) is 0 Å². The van der Waals surface area contributed by atoms with Gasteiger partial charge in [0.25, 0.3) is 0 Å². The van der Waals surface area contributed by atoms with Crippen LogP contribution in [-0.2, 0) is 6.54 Å². The Kier molecular flexibility index (Phi) is 4.04. The molecule has 0 bridgehead atoms. The molecule has 124 valence electrons. The summed E-state index contributed by atoms with van der Waals surface area (Å²) < 4.78 is 16.1. The van der Waals surface area contributed by atoms with Gasteiger partial charge < -0.3 is 5.32 Å². The molecule has 0 fully saturated rings. The summed E-state index contributed by atoms with van der Waals surface area (Å²) >= 11 is 0. The number of aromatic nitrogens is 5. The van der Waals surface area contributed by atoms with Gasteiger partial charge in [0.2, 0.25) is 0 Å². The van der Waals surface area contributed by atoms with Crippen molar-refractivity contribution in [3.63, 3.8) is 0 Å². The molecule has 2 aromatic carbocycles. The monoisotopic (exact) mass is 334 g/mol. The molecule has 1 N–H and O–H groups in total. The molecule has 0 spiro atoms. The number of fused-ring (bicyclic) bond motifs is 1. The Hall–Kier alpha value is -3.35. The van der Waals surface area contributed by atoms with Crippen LogP contribution >= 0.6 is 0 Å². The number of hydrogen-bond acceptors (Lipinski definition) is 5. The Morgan fingerprint density at radius 2 is 1.88 bits per heavy atom. The average molecular weight is 334 g/mol. The smallest absolute Gasteiger partial charge is 0.140 e. The minimum Gasteiger partial charge on any atom is -0.361 e. The molecule has 0 saturated carbocycles. The van der Waals surface area contributed by atoms with Gasteiger partial charge in [-0.1, -0.05) is 36.4 Å². The second-order valence-electron chi connectivity index (χ2n) is 5.58. The van der Waals surface area contributed by atoms with Crippen molar-refractivity contribution in [1.82, 2.24) is 24.7 Å².